The minimum Gasteiger partial charge on any atom is -0.465 e. The topological polar surface area (TPSA) is 52.3 Å². The molecule has 0 aliphatic heterocycles. The Morgan fingerprint density at radius 1 is 1.56 bits per heavy atom. The second-order valence-corrected chi connectivity index (χ2v) is 3.67. The van der Waals surface area contributed by atoms with Gasteiger partial charge in [-0.2, -0.15) is 0 Å². The third-order valence-corrected chi connectivity index (χ3v) is 2.76. The highest BCUT2D eigenvalue weighted by molar-refractivity contribution is 5.90. The summed E-state index contributed by atoms with van der Waals surface area (Å²) < 4.78 is 18.0. The molecule has 0 saturated carbocycles. The summed E-state index contributed by atoms with van der Waals surface area (Å²) in [6, 6.07) is 2.78. The zero-order chi connectivity index (χ0) is 11.0. The van der Waals surface area contributed by atoms with Gasteiger partial charge >= 0.3 is 5.97 Å². The van der Waals surface area contributed by atoms with Crippen LogP contribution >= 0.6 is 12.4 Å². The number of carbonyl (C=O) groups excluding carboxylic acids is 1. The molecule has 2 rings (SSSR count). The molecule has 0 radical (unpaired) electrons. The molecule has 0 spiro atoms. The van der Waals surface area contributed by atoms with E-state index in [1.54, 1.807) is 6.07 Å². The molecule has 0 amide bonds. The van der Waals surface area contributed by atoms with Crippen LogP contribution in [-0.4, -0.2) is 13.1 Å². The number of esters is 1. The fourth-order valence-electron chi connectivity index (χ4n) is 1.93. The summed E-state index contributed by atoms with van der Waals surface area (Å²) >= 11 is 0. The first-order valence-electron chi connectivity index (χ1n) is 4.79. The molecule has 0 bridgehead atoms. The number of rotatable bonds is 1. The normalized spacial score (nSPS) is 17.6. The van der Waals surface area contributed by atoms with Crippen LogP contribution in [0.5, 0.6) is 0 Å². The Balaban J connectivity index is 0.00000128. The zero-order valence-corrected chi connectivity index (χ0v) is 9.64. The molecule has 1 aromatic rings. The van der Waals surface area contributed by atoms with Gasteiger partial charge in [-0.05, 0) is 36.1 Å². The molecule has 3 nitrogen and oxygen atoms in total. The van der Waals surface area contributed by atoms with Gasteiger partial charge in [0.2, 0.25) is 0 Å². The lowest BCUT2D eigenvalue weighted by Crippen LogP contribution is -2.09. The van der Waals surface area contributed by atoms with Crippen molar-refractivity contribution >= 4 is 18.4 Å². The standard InChI is InChI=1S/C11H12FNO2.ClH/c1-15-11(14)8-4-6-2-3-10(13)7(6)5-9(8)12;/h4-5,10H,2-3,13H2,1H3;1H. The van der Waals surface area contributed by atoms with Crippen molar-refractivity contribution in [2.75, 3.05) is 7.11 Å². The van der Waals surface area contributed by atoms with Gasteiger partial charge in [0, 0.05) is 6.04 Å². The highest BCUT2D eigenvalue weighted by atomic mass is 35.5. The van der Waals surface area contributed by atoms with Crippen LogP contribution in [0.1, 0.15) is 33.9 Å². The first kappa shape index (κ1) is 12.9. The van der Waals surface area contributed by atoms with Crippen molar-refractivity contribution in [3.8, 4) is 0 Å². The van der Waals surface area contributed by atoms with Gasteiger partial charge in [0.15, 0.2) is 0 Å². The quantitative estimate of drug-likeness (QED) is 0.770. The van der Waals surface area contributed by atoms with Crippen molar-refractivity contribution in [1.29, 1.82) is 0 Å². The zero-order valence-electron chi connectivity index (χ0n) is 8.83. The maximum Gasteiger partial charge on any atom is 0.340 e. The molecule has 88 valence electrons. The molecule has 0 heterocycles. The highest BCUT2D eigenvalue weighted by Crippen LogP contribution is 2.31. The third kappa shape index (κ3) is 2.03. The summed E-state index contributed by atoms with van der Waals surface area (Å²) in [5.41, 5.74) is 7.54. The Morgan fingerprint density at radius 3 is 2.88 bits per heavy atom. The van der Waals surface area contributed by atoms with E-state index in [1.165, 1.54) is 13.2 Å². The smallest absolute Gasteiger partial charge is 0.340 e. The van der Waals surface area contributed by atoms with Crippen molar-refractivity contribution in [3.63, 3.8) is 0 Å². The van der Waals surface area contributed by atoms with Crippen LogP contribution < -0.4 is 5.73 Å². The maximum atomic E-state index is 13.5. The average Bonchev–Trinajstić information content (AvgIpc) is 2.58. The van der Waals surface area contributed by atoms with E-state index in [4.69, 9.17) is 5.73 Å². The van der Waals surface area contributed by atoms with Crippen molar-refractivity contribution in [3.05, 3.63) is 34.6 Å². The molecule has 1 aromatic carbocycles. The van der Waals surface area contributed by atoms with E-state index in [0.29, 0.717) is 0 Å². The molecule has 5 heteroatoms. The van der Waals surface area contributed by atoms with Crippen molar-refractivity contribution in [1.82, 2.24) is 0 Å². The number of hydrogen-bond donors (Lipinski definition) is 1. The lowest BCUT2D eigenvalue weighted by molar-refractivity contribution is 0.0595. The summed E-state index contributed by atoms with van der Waals surface area (Å²) in [4.78, 5) is 11.2. The lowest BCUT2D eigenvalue weighted by Gasteiger charge is -2.07. The minimum absolute atomic E-state index is 0. The first-order valence-corrected chi connectivity index (χ1v) is 4.79. The predicted molar refractivity (Wildman–Crippen MR) is 60.2 cm³/mol. The summed E-state index contributed by atoms with van der Waals surface area (Å²) in [6.45, 7) is 0. The van der Waals surface area contributed by atoms with Gasteiger partial charge in [-0.3, -0.25) is 0 Å². The van der Waals surface area contributed by atoms with E-state index in [-0.39, 0.29) is 24.0 Å². The third-order valence-electron chi connectivity index (χ3n) is 2.76. The Labute approximate surface area is 99.2 Å². The number of carbonyl (C=O) groups is 1. The fourth-order valence-corrected chi connectivity index (χ4v) is 1.93. The molecule has 1 aliphatic rings. The van der Waals surface area contributed by atoms with Gasteiger partial charge in [-0.1, -0.05) is 0 Å². The van der Waals surface area contributed by atoms with Crippen molar-refractivity contribution in [2.24, 2.45) is 5.73 Å². The summed E-state index contributed by atoms with van der Waals surface area (Å²) in [5, 5.41) is 0. The van der Waals surface area contributed by atoms with E-state index >= 15 is 0 Å². The second-order valence-electron chi connectivity index (χ2n) is 3.67. The van der Waals surface area contributed by atoms with Gasteiger partial charge in [0.05, 0.1) is 12.7 Å². The molecular weight excluding hydrogens is 233 g/mol. The number of fused-ring (bicyclic) bond motifs is 1. The summed E-state index contributed by atoms with van der Waals surface area (Å²) in [5.74, 6) is -1.20. The van der Waals surface area contributed by atoms with Crippen LogP contribution in [0.15, 0.2) is 12.1 Å². The summed E-state index contributed by atoms with van der Waals surface area (Å²) in [7, 11) is 1.24. The van der Waals surface area contributed by atoms with Crippen LogP contribution in [0, 0.1) is 5.82 Å². The van der Waals surface area contributed by atoms with E-state index in [2.05, 4.69) is 4.74 Å². The van der Waals surface area contributed by atoms with Crippen LogP contribution in [-0.2, 0) is 11.2 Å². The largest absolute Gasteiger partial charge is 0.465 e. The monoisotopic (exact) mass is 245 g/mol. The Hall–Kier alpha value is -1.13. The van der Waals surface area contributed by atoms with Gasteiger partial charge in [0.25, 0.3) is 0 Å². The summed E-state index contributed by atoms with van der Waals surface area (Å²) in [6.07, 6.45) is 1.60. The number of ether oxygens (including phenoxy) is 1. The van der Waals surface area contributed by atoms with E-state index < -0.39 is 11.8 Å². The Kier molecular flexibility index (Phi) is 3.88. The molecule has 1 atom stereocenters. The number of hydrogen-bond acceptors (Lipinski definition) is 3. The van der Waals surface area contributed by atoms with Gasteiger partial charge < -0.3 is 10.5 Å². The van der Waals surface area contributed by atoms with Crippen LogP contribution in [0.2, 0.25) is 0 Å². The molecule has 2 N–H and O–H groups in total. The molecule has 1 aliphatic carbocycles. The minimum atomic E-state index is -0.643. The van der Waals surface area contributed by atoms with E-state index in [9.17, 15) is 9.18 Å². The Morgan fingerprint density at radius 2 is 2.25 bits per heavy atom. The Bertz CT molecular complexity index is 423. The predicted octanol–water partition coefficient (Wildman–Crippen LogP) is 1.98. The number of aryl methyl sites for hydroxylation is 1. The van der Waals surface area contributed by atoms with Crippen LogP contribution in [0.25, 0.3) is 0 Å². The van der Waals surface area contributed by atoms with Crippen LogP contribution in [0.3, 0.4) is 0 Å². The van der Waals surface area contributed by atoms with Crippen molar-refractivity contribution in [2.45, 2.75) is 18.9 Å². The molecule has 0 aromatic heterocycles. The highest BCUT2D eigenvalue weighted by Gasteiger charge is 2.23. The SMILES string of the molecule is COC(=O)c1cc2c(cc1F)C(N)CC2.Cl. The van der Waals surface area contributed by atoms with Crippen molar-refractivity contribution < 1.29 is 13.9 Å². The number of nitrogens with two attached hydrogens (primary N) is 1. The molecule has 16 heavy (non-hydrogen) atoms. The van der Waals surface area contributed by atoms with E-state index in [0.717, 1.165) is 24.0 Å². The molecule has 0 saturated heterocycles. The maximum absolute atomic E-state index is 13.5. The van der Waals surface area contributed by atoms with E-state index in [1.807, 2.05) is 0 Å². The second kappa shape index (κ2) is 4.80. The fraction of sp³-hybridized carbons (Fsp3) is 0.364. The van der Waals surface area contributed by atoms with Crippen LogP contribution in [0.4, 0.5) is 4.39 Å². The average molecular weight is 246 g/mol. The molecule has 0 fully saturated rings. The number of benzene rings is 1. The first-order chi connectivity index (χ1) is 7.13. The number of methoxy groups -OCH3 is 1. The number of halogens is 2. The van der Waals surface area contributed by atoms with Gasteiger partial charge in [-0.15, -0.1) is 12.4 Å². The molecular formula is C11H13ClFNO2. The van der Waals surface area contributed by atoms with Gasteiger partial charge in [0.1, 0.15) is 5.82 Å². The lowest BCUT2D eigenvalue weighted by atomic mass is 10.0. The molecule has 1 unspecified atom stereocenters. The van der Waals surface area contributed by atoms with Gasteiger partial charge in [-0.25, -0.2) is 9.18 Å².